The number of nitrogens with zero attached hydrogens (tertiary/aromatic N) is 1. The molecule has 2 aromatic rings. The van der Waals surface area contributed by atoms with Crippen molar-refractivity contribution in [1.82, 2.24) is 0 Å². The second kappa shape index (κ2) is 4.91. The first-order valence-corrected chi connectivity index (χ1v) is 7.99. The van der Waals surface area contributed by atoms with E-state index < -0.39 is 21.8 Å². The van der Waals surface area contributed by atoms with Crippen LogP contribution in [0.5, 0.6) is 0 Å². The highest BCUT2D eigenvalue weighted by Gasteiger charge is 2.26. The Balaban J connectivity index is 2.28. The van der Waals surface area contributed by atoms with Gasteiger partial charge in [0.25, 0.3) is 5.91 Å². The van der Waals surface area contributed by atoms with Crippen LogP contribution in [0.25, 0.3) is 11.1 Å². The monoisotopic (exact) mass is 336 g/mol. The van der Waals surface area contributed by atoms with E-state index in [2.05, 4.69) is 4.99 Å². The van der Waals surface area contributed by atoms with Gasteiger partial charge in [0.1, 0.15) is 4.90 Å². The zero-order valence-electron chi connectivity index (χ0n) is 10.9. The summed E-state index contributed by atoms with van der Waals surface area (Å²) < 4.78 is 23.1. The number of hydrogen-bond acceptors (Lipinski definition) is 3. The average Bonchev–Trinajstić information content (AvgIpc) is 2.74. The Morgan fingerprint density at radius 1 is 1.14 bits per heavy atom. The molecule has 112 valence electrons. The molecule has 0 bridgehead atoms. The standard InChI is InChI=1S/C14H9ClN2O4S/c15-10-5-4-7(6-11(10)22(16,20)21)8-2-1-3-9-12(8)14(19)17-13(9)18/h1-6H,(H2,16,20,21)(H,17,18,19). The molecule has 22 heavy (non-hydrogen) atoms. The number of sulfonamides is 1. The van der Waals surface area contributed by atoms with E-state index in [0.29, 0.717) is 11.1 Å². The summed E-state index contributed by atoms with van der Waals surface area (Å²) in [6.45, 7) is 0. The van der Waals surface area contributed by atoms with Crippen LogP contribution in [0.4, 0.5) is 0 Å². The van der Waals surface area contributed by atoms with Crippen LogP contribution < -0.4 is 5.14 Å². The molecule has 1 aliphatic heterocycles. The maximum atomic E-state index is 11.7. The lowest BCUT2D eigenvalue weighted by Crippen LogP contribution is -2.13. The predicted molar refractivity (Wildman–Crippen MR) is 81.8 cm³/mol. The van der Waals surface area contributed by atoms with E-state index in [0.717, 1.165) is 0 Å². The number of halogens is 1. The van der Waals surface area contributed by atoms with Crippen LogP contribution in [0.2, 0.25) is 5.02 Å². The van der Waals surface area contributed by atoms with Crippen molar-refractivity contribution < 1.29 is 18.3 Å². The van der Waals surface area contributed by atoms with Gasteiger partial charge in [-0.1, -0.05) is 29.8 Å². The average molecular weight is 337 g/mol. The molecule has 0 fully saturated rings. The van der Waals surface area contributed by atoms with Crippen LogP contribution >= 0.6 is 11.6 Å². The van der Waals surface area contributed by atoms with Gasteiger partial charge in [0, 0.05) is 0 Å². The quantitative estimate of drug-likeness (QED) is 0.875. The largest absolute Gasteiger partial charge is 0.493 e. The number of amides is 1. The maximum Gasteiger partial charge on any atom is 0.281 e. The molecule has 0 unspecified atom stereocenters. The summed E-state index contributed by atoms with van der Waals surface area (Å²) in [7, 11) is -3.99. The molecule has 1 aliphatic rings. The third-order valence-electron chi connectivity index (χ3n) is 3.27. The number of carbonyl (C=O) groups is 1. The van der Waals surface area contributed by atoms with Gasteiger partial charge in [-0.15, -0.1) is 0 Å². The number of fused-ring (bicyclic) bond motifs is 1. The van der Waals surface area contributed by atoms with E-state index in [-0.39, 0.29) is 21.0 Å². The molecule has 0 saturated carbocycles. The second-order valence-electron chi connectivity index (χ2n) is 4.66. The number of rotatable bonds is 2. The zero-order valence-corrected chi connectivity index (χ0v) is 12.5. The normalized spacial score (nSPS) is 13.9. The van der Waals surface area contributed by atoms with Crippen LogP contribution in [0.1, 0.15) is 15.9 Å². The van der Waals surface area contributed by atoms with Gasteiger partial charge in [0.15, 0.2) is 0 Å². The molecule has 8 heteroatoms. The third kappa shape index (κ3) is 2.29. The lowest BCUT2D eigenvalue weighted by Gasteiger charge is -2.10. The first-order valence-electron chi connectivity index (χ1n) is 6.07. The van der Waals surface area contributed by atoms with Crippen molar-refractivity contribution in [2.24, 2.45) is 10.1 Å². The summed E-state index contributed by atoms with van der Waals surface area (Å²) in [5, 5.41) is 15.0. The van der Waals surface area contributed by atoms with E-state index in [1.807, 2.05) is 0 Å². The summed E-state index contributed by atoms with van der Waals surface area (Å²) >= 11 is 5.85. The molecule has 3 N–H and O–H groups in total. The Morgan fingerprint density at radius 2 is 1.82 bits per heavy atom. The number of aliphatic hydroxyl groups is 1. The van der Waals surface area contributed by atoms with Crippen LogP contribution in [-0.4, -0.2) is 25.3 Å². The smallest absolute Gasteiger partial charge is 0.281 e. The number of nitrogens with two attached hydrogens (primary N) is 1. The van der Waals surface area contributed by atoms with E-state index >= 15 is 0 Å². The third-order valence-corrected chi connectivity index (χ3v) is 4.67. The van der Waals surface area contributed by atoms with Gasteiger partial charge in [-0.05, 0) is 29.3 Å². The van der Waals surface area contributed by atoms with Crippen LogP contribution in [0.15, 0.2) is 46.3 Å². The van der Waals surface area contributed by atoms with Crippen LogP contribution in [0.3, 0.4) is 0 Å². The van der Waals surface area contributed by atoms with Crippen molar-refractivity contribution >= 4 is 33.4 Å². The minimum atomic E-state index is -3.99. The molecule has 0 saturated heterocycles. The van der Waals surface area contributed by atoms with Crippen molar-refractivity contribution in [3.05, 3.63) is 52.5 Å². The summed E-state index contributed by atoms with van der Waals surface area (Å²) in [4.78, 5) is 14.9. The molecule has 1 heterocycles. The molecule has 6 nitrogen and oxygen atoms in total. The van der Waals surface area contributed by atoms with Crippen LogP contribution in [0, 0.1) is 0 Å². The minimum absolute atomic E-state index is 0.00667. The van der Waals surface area contributed by atoms with Gasteiger partial charge in [-0.25, -0.2) is 13.6 Å². The first-order chi connectivity index (χ1) is 10.3. The molecule has 0 aromatic heterocycles. The number of hydrogen-bond donors (Lipinski definition) is 2. The molecule has 3 rings (SSSR count). The fraction of sp³-hybridized carbons (Fsp3) is 0. The summed E-state index contributed by atoms with van der Waals surface area (Å²) in [6, 6.07) is 9.04. The number of primary sulfonamides is 1. The number of aliphatic imine (C=N–C) groups is 1. The molecule has 1 amide bonds. The van der Waals surface area contributed by atoms with Gasteiger partial charge in [-0.3, -0.25) is 4.79 Å². The molecule has 2 aromatic carbocycles. The van der Waals surface area contributed by atoms with Gasteiger partial charge >= 0.3 is 0 Å². The van der Waals surface area contributed by atoms with Crippen molar-refractivity contribution in [2.75, 3.05) is 0 Å². The summed E-state index contributed by atoms with van der Waals surface area (Å²) in [5.74, 6) is -0.947. The van der Waals surface area contributed by atoms with Crippen molar-refractivity contribution in [3.8, 4) is 11.1 Å². The Kier molecular flexibility index (Phi) is 3.28. The fourth-order valence-corrected chi connectivity index (χ4v) is 3.38. The predicted octanol–water partition coefficient (Wildman–Crippen LogP) is 2.11. The molecule has 0 radical (unpaired) electrons. The van der Waals surface area contributed by atoms with Crippen molar-refractivity contribution in [3.63, 3.8) is 0 Å². The Bertz CT molecular complexity index is 951. The van der Waals surface area contributed by atoms with E-state index in [1.54, 1.807) is 18.2 Å². The minimum Gasteiger partial charge on any atom is -0.493 e. The molecule has 0 atom stereocenters. The topological polar surface area (TPSA) is 110 Å². The lowest BCUT2D eigenvalue weighted by molar-refractivity contribution is 0.101. The van der Waals surface area contributed by atoms with E-state index in [4.69, 9.17) is 16.7 Å². The highest BCUT2D eigenvalue weighted by molar-refractivity contribution is 7.89. The van der Waals surface area contributed by atoms with Crippen LogP contribution in [-0.2, 0) is 10.0 Å². The Morgan fingerprint density at radius 3 is 2.50 bits per heavy atom. The SMILES string of the molecule is NS(=O)(=O)c1cc(-c2cccc3c2C(O)=NC3=O)ccc1Cl. The Labute approximate surface area is 130 Å². The van der Waals surface area contributed by atoms with E-state index in [9.17, 15) is 18.3 Å². The molecule has 0 aliphatic carbocycles. The number of aliphatic hydroxyl groups excluding tert-OH is 1. The lowest BCUT2D eigenvalue weighted by atomic mass is 9.96. The molecular weight excluding hydrogens is 328 g/mol. The zero-order chi connectivity index (χ0) is 16.1. The van der Waals surface area contributed by atoms with Gasteiger partial charge in [0.2, 0.25) is 15.9 Å². The van der Waals surface area contributed by atoms with Crippen molar-refractivity contribution in [1.29, 1.82) is 0 Å². The van der Waals surface area contributed by atoms with Crippen molar-refractivity contribution in [2.45, 2.75) is 4.90 Å². The highest BCUT2D eigenvalue weighted by Crippen LogP contribution is 2.33. The number of carbonyl (C=O) groups excluding carboxylic acids is 1. The molecule has 0 spiro atoms. The maximum absolute atomic E-state index is 11.7. The summed E-state index contributed by atoms with van der Waals surface area (Å²) in [6.07, 6.45) is 0. The van der Waals surface area contributed by atoms with E-state index in [1.165, 1.54) is 18.2 Å². The Hall–Kier alpha value is -2.22. The van der Waals surface area contributed by atoms with Gasteiger partial charge in [-0.2, -0.15) is 4.99 Å². The number of benzene rings is 2. The van der Waals surface area contributed by atoms with Gasteiger partial charge < -0.3 is 5.11 Å². The molecular formula is C14H9ClN2O4S. The highest BCUT2D eigenvalue weighted by atomic mass is 35.5. The second-order valence-corrected chi connectivity index (χ2v) is 6.60. The summed E-state index contributed by atoms with van der Waals surface area (Å²) in [5.41, 5.74) is 1.42. The van der Waals surface area contributed by atoms with Gasteiger partial charge in [0.05, 0.1) is 16.1 Å². The fourth-order valence-electron chi connectivity index (χ4n) is 2.31. The first kappa shape index (κ1) is 14.7.